The van der Waals surface area contributed by atoms with E-state index in [1.165, 1.54) is 6.92 Å². The number of fused-ring (bicyclic) bond motifs is 1. The molecular formula is C21H22BNO4. The Morgan fingerprint density at radius 2 is 2.00 bits per heavy atom. The Labute approximate surface area is 160 Å². The van der Waals surface area contributed by atoms with Crippen LogP contribution >= 0.6 is 0 Å². The van der Waals surface area contributed by atoms with Crippen LogP contribution in [0.5, 0.6) is 11.5 Å². The molecule has 1 heterocycles. The smallest absolute Gasteiger partial charge is 0.217 e. The predicted octanol–water partition coefficient (Wildman–Crippen LogP) is 3.40. The Morgan fingerprint density at radius 3 is 2.70 bits per heavy atom. The summed E-state index contributed by atoms with van der Waals surface area (Å²) in [6, 6.07) is 13.0. The molecule has 0 aliphatic heterocycles. The minimum Gasteiger partial charge on any atom is -0.495 e. The molecule has 1 amide bonds. The molecule has 5 nitrogen and oxygen atoms in total. The average Bonchev–Trinajstić information content (AvgIpc) is 3.05. The van der Waals surface area contributed by atoms with Crippen molar-refractivity contribution in [3.05, 3.63) is 53.8 Å². The van der Waals surface area contributed by atoms with Crippen molar-refractivity contribution in [2.24, 2.45) is 0 Å². The van der Waals surface area contributed by atoms with Crippen molar-refractivity contribution in [2.75, 3.05) is 6.61 Å². The van der Waals surface area contributed by atoms with Gasteiger partial charge < -0.3 is 19.2 Å². The highest BCUT2D eigenvalue weighted by Gasteiger charge is 2.13. The van der Waals surface area contributed by atoms with E-state index in [1.807, 2.05) is 56.3 Å². The Bertz CT molecular complexity index is 951. The lowest BCUT2D eigenvalue weighted by Crippen LogP contribution is -2.23. The lowest BCUT2D eigenvalue weighted by molar-refractivity contribution is -0.119. The van der Waals surface area contributed by atoms with Gasteiger partial charge in [0.15, 0.2) is 0 Å². The first kappa shape index (κ1) is 18.9. The second kappa shape index (κ2) is 8.21. The number of furan rings is 1. The van der Waals surface area contributed by atoms with E-state index in [-0.39, 0.29) is 11.9 Å². The van der Waals surface area contributed by atoms with Crippen molar-refractivity contribution in [3.8, 4) is 11.5 Å². The molecule has 1 unspecified atom stereocenters. The molecule has 0 fully saturated rings. The Morgan fingerprint density at radius 1 is 1.19 bits per heavy atom. The second-order valence-corrected chi connectivity index (χ2v) is 6.36. The number of hydrogen-bond donors (Lipinski definition) is 1. The van der Waals surface area contributed by atoms with Gasteiger partial charge in [-0.2, -0.15) is 0 Å². The molecule has 0 saturated carbocycles. The third-order valence-electron chi connectivity index (χ3n) is 4.14. The van der Waals surface area contributed by atoms with Crippen LogP contribution in [0.2, 0.25) is 0 Å². The molecule has 1 atom stereocenters. The first-order valence-electron chi connectivity index (χ1n) is 8.91. The number of nitrogens with one attached hydrogen (secondary N) is 1. The van der Waals surface area contributed by atoms with Crippen LogP contribution in [-0.4, -0.2) is 20.4 Å². The summed E-state index contributed by atoms with van der Waals surface area (Å²) in [7, 11) is 5.99. The summed E-state index contributed by atoms with van der Waals surface area (Å²) < 4.78 is 17.2. The van der Waals surface area contributed by atoms with Gasteiger partial charge in [0, 0.05) is 18.4 Å². The number of carbonyl (C=O) groups excluding carboxylic acids is 1. The van der Waals surface area contributed by atoms with Gasteiger partial charge in [0.25, 0.3) is 0 Å². The molecular weight excluding hydrogens is 341 g/mol. The Kier molecular flexibility index (Phi) is 5.74. The van der Waals surface area contributed by atoms with Gasteiger partial charge in [0.1, 0.15) is 37.3 Å². The van der Waals surface area contributed by atoms with Gasteiger partial charge in [-0.25, -0.2) is 0 Å². The van der Waals surface area contributed by atoms with Gasteiger partial charge >= 0.3 is 0 Å². The maximum Gasteiger partial charge on any atom is 0.217 e. The van der Waals surface area contributed by atoms with Crippen LogP contribution in [0.3, 0.4) is 0 Å². The summed E-state index contributed by atoms with van der Waals surface area (Å²) in [6.45, 7) is 6.25. The lowest BCUT2D eigenvalue weighted by atomic mass is 9.93. The van der Waals surface area contributed by atoms with Crippen LogP contribution in [0, 0.1) is 0 Å². The highest BCUT2D eigenvalue weighted by atomic mass is 16.5. The first-order valence-corrected chi connectivity index (χ1v) is 8.91. The fourth-order valence-electron chi connectivity index (χ4n) is 2.85. The topological polar surface area (TPSA) is 60.7 Å². The molecule has 0 aliphatic rings. The van der Waals surface area contributed by atoms with Crippen LogP contribution in [0.1, 0.15) is 38.1 Å². The van der Waals surface area contributed by atoms with Gasteiger partial charge in [0.2, 0.25) is 5.91 Å². The molecule has 0 spiro atoms. The largest absolute Gasteiger partial charge is 0.495 e. The van der Waals surface area contributed by atoms with Crippen molar-refractivity contribution < 1.29 is 18.7 Å². The van der Waals surface area contributed by atoms with Crippen molar-refractivity contribution >= 4 is 30.2 Å². The number of carbonyl (C=O) groups is 1. The standard InChI is InChI=1S/C21H22BNO4/c1-4-25-19-8-5-15(9-18(19)22)12-26-17-7-6-16-10-20(27-21(16)11-17)13(2)23-14(3)24/h5-11,13H,4,12H2,1-3H3,(H,23,24). The SMILES string of the molecule is [B]c1cc(COc2ccc3cc(C(C)NC(C)=O)oc3c2)ccc1OCC. The van der Waals surface area contributed by atoms with E-state index in [1.54, 1.807) is 0 Å². The molecule has 2 radical (unpaired) electrons. The molecule has 27 heavy (non-hydrogen) atoms. The predicted molar refractivity (Wildman–Crippen MR) is 106 cm³/mol. The van der Waals surface area contributed by atoms with E-state index in [0.29, 0.717) is 41.5 Å². The van der Waals surface area contributed by atoms with Gasteiger partial charge in [-0.1, -0.05) is 17.6 Å². The molecule has 1 N–H and O–H groups in total. The van der Waals surface area contributed by atoms with Crippen molar-refractivity contribution in [1.82, 2.24) is 5.32 Å². The third kappa shape index (κ3) is 4.64. The van der Waals surface area contributed by atoms with Gasteiger partial charge in [-0.15, -0.1) is 0 Å². The zero-order valence-electron chi connectivity index (χ0n) is 15.7. The maximum atomic E-state index is 11.2. The molecule has 1 aromatic heterocycles. The fraction of sp³-hybridized carbons (Fsp3) is 0.286. The zero-order chi connectivity index (χ0) is 19.4. The third-order valence-corrected chi connectivity index (χ3v) is 4.14. The molecule has 0 bridgehead atoms. The average molecular weight is 363 g/mol. The quantitative estimate of drug-likeness (QED) is 0.654. The van der Waals surface area contributed by atoms with E-state index in [9.17, 15) is 4.79 Å². The minimum absolute atomic E-state index is 0.0957. The van der Waals surface area contributed by atoms with Crippen LogP contribution in [0.25, 0.3) is 11.0 Å². The minimum atomic E-state index is -0.189. The monoisotopic (exact) mass is 363 g/mol. The summed E-state index contributed by atoms with van der Waals surface area (Å²) in [5, 5.41) is 3.77. The zero-order valence-corrected chi connectivity index (χ0v) is 15.7. The summed E-state index contributed by atoms with van der Waals surface area (Å²) in [6.07, 6.45) is 0. The second-order valence-electron chi connectivity index (χ2n) is 6.36. The van der Waals surface area contributed by atoms with E-state index in [0.717, 1.165) is 10.9 Å². The highest BCUT2D eigenvalue weighted by Crippen LogP contribution is 2.27. The Hall–Kier alpha value is -2.89. The van der Waals surface area contributed by atoms with Crippen molar-refractivity contribution in [3.63, 3.8) is 0 Å². The number of rotatable bonds is 7. The van der Waals surface area contributed by atoms with Gasteiger partial charge in [-0.05, 0) is 43.7 Å². The summed E-state index contributed by atoms with van der Waals surface area (Å²) >= 11 is 0. The maximum absolute atomic E-state index is 11.2. The number of amides is 1. The van der Waals surface area contributed by atoms with E-state index >= 15 is 0 Å². The fourth-order valence-corrected chi connectivity index (χ4v) is 2.85. The van der Waals surface area contributed by atoms with Crippen molar-refractivity contribution in [1.29, 1.82) is 0 Å². The van der Waals surface area contributed by atoms with Crippen molar-refractivity contribution in [2.45, 2.75) is 33.4 Å². The molecule has 6 heteroatoms. The number of ether oxygens (including phenoxy) is 2. The first-order chi connectivity index (χ1) is 13.0. The van der Waals surface area contributed by atoms with E-state index < -0.39 is 0 Å². The van der Waals surface area contributed by atoms with E-state index in [4.69, 9.17) is 21.7 Å². The highest BCUT2D eigenvalue weighted by molar-refractivity contribution is 6.34. The van der Waals surface area contributed by atoms with Gasteiger partial charge in [0.05, 0.1) is 12.6 Å². The van der Waals surface area contributed by atoms with Crippen LogP contribution in [-0.2, 0) is 11.4 Å². The molecule has 3 rings (SSSR count). The van der Waals surface area contributed by atoms with Crippen LogP contribution < -0.4 is 20.3 Å². The van der Waals surface area contributed by atoms with Crippen LogP contribution in [0.15, 0.2) is 46.9 Å². The molecule has 0 aliphatic carbocycles. The summed E-state index contributed by atoms with van der Waals surface area (Å²) in [5.74, 6) is 1.99. The van der Waals surface area contributed by atoms with E-state index in [2.05, 4.69) is 5.32 Å². The molecule has 0 saturated heterocycles. The molecule has 3 aromatic rings. The number of hydrogen-bond acceptors (Lipinski definition) is 4. The van der Waals surface area contributed by atoms with Crippen LogP contribution in [0.4, 0.5) is 0 Å². The number of benzene rings is 2. The van der Waals surface area contributed by atoms with Gasteiger partial charge in [-0.3, -0.25) is 4.79 Å². The Balaban J connectivity index is 1.70. The summed E-state index contributed by atoms with van der Waals surface area (Å²) in [4.78, 5) is 11.2. The molecule has 138 valence electrons. The summed E-state index contributed by atoms with van der Waals surface area (Å²) in [5.41, 5.74) is 2.26. The lowest BCUT2D eigenvalue weighted by Gasteiger charge is -2.10. The normalized spacial score (nSPS) is 12.0. The molecule has 2 aromatic carbocycles.